The first-order chi connectivity index (χ1) is 13.5. The normalized spacial score (nSPS) is 18.4. The quantitative estimate of drug-likeness (QED) is 0.785. The molecule has 6 heteroatoms. The van der Waals surface area contributed by atoms with Crippen LogP contribution in [0.2, 0.25) is 0 Å². The van der Waals surface area contributed by atoms with Crippen molar-refractivity contribution < 1.29 is 13.2 Å². The fourth-order valence-electron chi connectivity index (χ4n) is 4.23. The van der Waals surface area contributed by atoms with Gasteiger partial charge in [0.1, 0.15) is 0 Å². The number of carbonyl (C=O) groups excluding carboxylic acids is 1. The van der Waals surface area contributed by atoms with E-state index in [1.54, 1.807) is 12.1 Å². The molecule has 2 N–H and O–H groups in total. The summed E-state index contributed by atoms with van der Waals surface area (Å²) >= 11 is 0. The van der Waals surface area contributed by atoms with Crippen LogP contribution < -0.4 is 10.0 Å². The van der Waals surface area contributed by atoms with Gasteiger partial charge in [0.2, 0.25) is 15.9 Å². The highest BCUT2D eigenvalue weighted by Gasteiger charge is 2.23. The summed E-state index contributed by atoms with van der Waals surface area (Å²) in [6.45, 7) is 0.0968. The predicted octanol–water partition coefficient (Wildman–Crippen LogP) is 3.04. The summed E-state index contributed by atoms with van der Waals surface area (Å²) in [4.78, 5) is 12.6. The van der Waals surface area contributed by atoms with E-state index < -0.39 is 10.0 Å². The Labute approximate surface area is 166 Å². The Hall–Kier alpha value is -2.18. The van der Waals surface area contributed by atoms with Gasteiger partial charge >= 0.3 is 0 Å². The fourth-order valence-corrected chi connectivity index (χ4v) is 5.31. The number of aryl methyl sites for hydroxylation is 3. The highest BCUT2D eigenvalue weighted by molar-refractivity contribution is 7.89. The summed E-state index contributed by atoms with van der Waals surface area (Å²) in [6.07, 6.45) is 6.21. The highest BCUT2D eigenvalue weighted by atomic mass is 32.2. The van der Waals surface area contributed by atoms with Crippen LogP contribution in [0.15, 0.2) is 47.4 Å². The second-order valence-corrected chi connectivity index (χ2v) is 9.41. The monoisotopic (exact) mass is 398 g/mol. The summed E-state index contributed by atoms with van der Waals surface area (Å²) in [7, 11) is -3.60. The molecule has 0 aromatic heterocycles. The first-order valence-electron chi connectivity index (χ1n) is 10.0. The Morgan fingerprint density at radius 2 is 1.75 bits per heavy atom. The molecule has 0 saturated heterocycles. The van der Waals surface area contributed by atoms with E-state index in [0.29, 0.717) is 4.90 Å². The van der Waals surface area contributed by atoms with E-state index >= 15 is 0 Å². The van der Waals surface area contributed by atoms with Crippen LogP contribution in [0.25, 0.3) is 0 Å². The lowest BCUT2D eigenvalue weighted by Gasteiger charge is -2.17. The van der Waals surface area contributed by atoms with E-state index in [2.05, 4.69) is 16.1 Å². The van der Waals surface area contributed by atoms with Crippen molar-refractivity contribution in [2.75, 3.05) is 6.54 Å². The third kappa shape index (κ3) is 4.13. The number of hydrogen-bond acceptors (Lipinski definition) is 3. The topological polar surface area (TPSA) is 75.3 Å². The zero-order valence-corrected chi connectivity index (χ0v) is 16.7. The molecule has 2 aliphatic carbocycles. The fraction of sp³-hybridized carbons (Fsp3) is 0.409. The second kappa shape index (κ2) is 8.05. The molecule has 2 aromatic carbocycles. The lowest BCUT2D eigenvalue weighted by atomic mass is 9.92. The molecule has 1 amide bonds. The van der Waals surface area contributed by atoms with Crippen molar-refractivity contribution in [2.24, 2.45) is 0 Å². The van der Waals surface area contributed by atoms with Crippen molar-refractivity contribution in [1.29, 1.82) is 0 Å². The second-order valence-electron chi connectivity index (χ2n) is 7.64. The summed E-state index contributed by atoms with van der Waals surface area (Å²) in [5.41, 5.74) is 4.83. The third-order valence-electron chi connectivity index (χ3n) is 5.74. The molecular formula is C22H26N2O3S. The molecule has 0 fully saturated rings. The van der Waals surface area contributed by atoms with Crippen molar-refractivity contribution in [3.05, 3.63) is 64.7 Å². The van der Waals surface area contributed by atoms with Crippen molar-refractivity contribution in [3.8, 4) is 0 Å². The Morgan fingerprint density at radius 3 is 2.61 bits per heavy atom. The summed E-state index contributed by atoms with van der Waals surface area (Å²) < 4.78 is 27.7. The molecule has 0 bridgehead atoms. The van der Waals surface area contributed by atoms with Gasteiger partial charge in [0.15, 0.2) is 0 Å². The Balaban J connectivity index is 1.31. The first-order valence-corrected chi connectivity index (χ1v) is 11.5. The first kappa shape index (κ1) is 19.2. The molecule has 4 rings (SSSR count). The van der Waals surface area contributed by atoms with Crippen molar-refractivity contribution in [3.63, 3.8) is 0 Å². The Morgan fingerprint density at radius 1 is 0.964 bits per heavy atom. The molecule has 0 heterocycles. The molecule has 0 spiro atoms. The van der Waals surface area contributed by atoms with E-state index in [1.165, 1.54) is 16.7 Å². The molecule has 5 nitrogen and oxygen atoms in total. The van der Waals surface area contributed by atoms with Crippen LogP contribution in [-0.4, -0.2) is 20.9 Å². The van der Waals surface area contributed by atoms with Crippen LogP contribution in [0.5, 0.6) is 0 Å². The highest BCUT2D eigenvalue weighted by Crippen LogP contribution is 2.30. The van der Waals surface area contributed by atoms with Gasteiger partial charge in [-0.3, -0.25) is 4.79 Å². The molecular weight excluding hydrogens is 372 g/mol. The summed E-state index contributed by atoms with van der Waals surface area (Å²) in [5.74, 6) is -0.130. The molecule has 1 unspecified atom stereocenters. The lowest BCUT2D eigenvalue weighted by Crippen LogP contribution is -2.32. The number of fused-ring (bicyclic) bond motifs is 2. The molecule has 1 atom stereocenters. The third-order valence-corrected chi connectivity index (χ3v) is 7.20. The Kier molecular flexibility index (Phi) is 5.51. The zero-order chi connectivity index (χ0) is 19.6. The van der Waals surface area contributed by atoms with Gasteiger partial charge < -0.3 is 5.32 Å². The van der Waals surface area contributed by atoms with Gasteiger partial charge in [0.25, 0.3) is 0 Å². The van der Waals surface area contributed by atoms with Gasteiger partial charge in [-0.25, -0.2) is 13.1 Å². The van der Waals surface area contributed by atoms with Crippen molar-refractivity contribution >= 4 is 15.9 Å². The largest absolute Gasteiger partial charge is 0.349 e. The van der Waals surface area contributed by atoms with Crippen LogP contribution in [0.1, 0.15) is 54.0 Å². The van der Waals surface area contributed by atoms with Crippen LogP contribution in [-0.2, 0) is 34.1 Å². The summed E-state index contributed by atoms with van der Waals surface area (Å²) in [5, 5.41) is 3.03. The van der Waals surface area contributed by atoms with E-state index in [0.717, 1.165) is 44.1 Å². The van der Waals surface area contributed by atoms with Crippen LogP contribution in [0.3, 0.4) is 0 Å². The van der Waals surface area contributed by atoms with Crippen LogP contribution in [0, 0.1) is 0 Å². The van der Waals surface area contributed by atoms with Gasteiger partial charge in [-0.1, -0.05) is 30.3 Å². The predicted molar refractivity (Wildman–Crippen MR) is 109 cm³/mol. The lowest BCUT2D eigenvalue weighted by molar-refractivity contribution is -0.121. The zero-order valence-electron chi connectivity index (χ0n) is 15.9. The number of sulfonamides is 1. The van der Waals surface area contributed by atoms with E-state index in [9.17, 15) is 13.2 Å². The van der Waals surface area contributed by atoms with Gasteiger partial charge in [-0.2, -0.15) is 0 Å². The minimum absolute atomic E-state index is 0.0287. The molecule has 2 aromatic rings. The van der Waals surface area contributed by atoms with E-state index in [-0.39, 0.29) is 24.9 Å². The minimum atomic E-state index is -3.60. The molecule has 148 valence electrons. The smallest absolute Gasteiger partial charge is 0.240 e. The van der Waals surface area contributed by atoms with Crippen LogP contribution >= 0.6 is 0 Å². The Bertz CT molecular complexity index is 985. The van der Waals surface area contributed by atoms with Crippen molar-refractivity contribution in [2.45, 2.75) is 55.9 Å². The van der Waals surface area contributed by atoms with Crippen LogP contribution in [0.4, 0.5) is 0 Å². The molecule has 28 heavy (non-hydrogen) atoms. The number of nitrogens with one attached hydrogen (secondary N) is 2. The van der Waals surface area contributed by atoms with E-state index in [4.69, 9.17) is 0 Å². The number of hydrogen-bond donors (Lipinski definition) is 2. The maximum absolute atomic E-state index is 12.6. The SMILES string of the molecule is O=C(CCNS(=O)(=O)c1ccc2c(c1)CCCC2)NC1CCc2ccccc21. The minimum Gasteiger partial charge on any atom is -0.349 e. The standard InChI is InChI=1S/C22H26N2O3S/c25-22(24-21-12-10-17-6-3-4-8-20(17)21)13-14-23-28(26,27)19-11-9-16-5-1-2-7-18(16)15-19/h3-4,6,8-9,11,15,21,23H,1-2,5,7,10,12-14H2,(H,24,25). The number of rotatable bonds is 6. The maximum atomic E-state index is 12.6. The molecule has 2 aliphatic rings. The average Bonchev–Trinajstić information content (AvgIpc) is 3.10. The molecule has 0 radical (unpaired) electrons. The van der Waals surface area contributed by atoms with Gasteiger partial charge in [0.05, 0.1) is 10.9 Å². The van der Waals surface area contributed by atoms with Gasteiger partial charge in [0, 0.05) is 13.0 Å². The average molecular weight is 399 g/mol. The molecule has 0 saturated carbocycles. The van der Waals surface area contributed by atoms with E-state index in [1.807, 2.05) is 24.3 Å². The summed E-state index contributed by atoms with van der Waals surface area (Å²) in [6, 6.07) is 13.5. The van der Waals surface area contributed by atoms with Gasteiger partial charge in [-0.05, 0) is 72.9 Å². The van der Waals surface area contributed by atoms with Gasteiger partial charge in [-0.15, -0.1) is 0 Å². The number of benzene rings is 2. The molecule has 0 aliphatic heterocycles. The maximum Gasteiger partial charge on any atom is 0.240 e. The number of amides is 1. The van der Waals surface area contributed by atoms with Crippen molar-refractivity contribution in [1.82, 2.24) is 10.0 Å². The number of carbonyl (C=O) groups is 1.